The van der Waals surface area contributed by atoms with Gasteiger partial charge in [0.05, 0.1) is 6.61 Å². The Morgan fingerprint density at radius 1 is 1.14 bits per heavy atom. The number of carbonyl (C=O) groups excluding carboxylic acids is 1. The van der Waals surface area contributed by atoms with Crippen molar-refractivity contribution < 1.29 is 9.53 Å². The van der Waals surface area contributed by atoms with Gasteiger partial charge in [0, 0.05) is 23.2 Å². The summed E-state index contributed by atoms with van der Waals surface area (Å²) in [5.74, 6) is -0.0744. The first-order valence-corrected chi connectivity index (χ1v) is 7.67. The highest BCUT2D eigenvalue weighted by Gasteiger charge is 2.05. The highest BCUT2D eigenvalue weighted by Crippen LogP contribution is 2.12. The van der Waals surface area contributed by atoms with E-state index in [-0.39, 0.29) is 5.91 Å². The summed E-state index contributed by atoms with van der Waals surface area (Å²) >= 11 is 3.36. The van der Waals surface area contributed by atoms with Crippen molar-refractivity contribution in [2.75, 3.05) is 6.61 Å². The highest BCUT2D eigenvalue weighted by molar-refractivity contribution is 9.10. The molecule has 0 aliphatic rings. The molecule has 4 heteroatoms. The van der Waals surface area contributed by atoms with Crippen LogP contribution in [0.25, 0.3) is 0 Å². The molecule has 3 nitrogen and oxygen atoms in total. The number of amides is 1. The molecule has 110 valence electrons. The Kier molecular flexibility index (Phi) is 5.96. The van der Waals surface area contributed by atoms with E-state index in [1.165, 1.54) is 0 Å². The van der Waals surface area contributed by atoms with Crippen molar-refractivity contribution in [2.24, 2.45) is 0 Å². The van der Waals surface area contributed by atoms with Gasteiger partial charge in [-0.1, -0.05) is 46.3 Å². The number of ether oxygens (including phenoxy) is 1. The maximum Gasteiger partial charge on any atom is 0.251 e. The number of nitrogens with one attached hydrogen (secondary N) is 1. The summed E-state index contributed by atoms with van der Waals surface area (Å²) in [6, 6.07) is 15.4. The molecule has 0 spiro atoms. The zero-order chi connectivity index (χ0) is 15.1. The third-order valence-electron chi connectivity index (χ3n) is 3.04. The average molecular weight is 348 g/mol. The number of halogens is 1. The Balaban J connectivity index is 1.89. The molecular formula is C17H18BrNO2. The van der Waals surface area contributed by atoms with E-state index in [1.54, 1.807) is 12.1 Å². The van der Waals surface area contributed by atoms with E-state index in [0.717, 1.165) is 15.6 Å². The first-order chi connectivity index (χ1) is 10.2. The topological polar surface area (TPSA) is 38.3 Å². The van der Waals surface area contributed by atoms with Crippen LogP contribution in [0, 0.1) is 0 Å². The van der Waals surface area contributed by atoms with Crippen molar-refractivity contribution in [3.05, 3.63) is 69.7 Å². The van der Waals surface area contributed by atoms with Crippen molar-refractivity contribution >= 4 is 21.8 Å². The second-order valence-electron chi connectivity index (χ2n) is 4.65. The van der Waals surface area contributed by atoms with E-state index in [1.807, 2.05) is 43.3 Å². The quantitative estimate of drug-likeness (QED) is 0.859. The lowest BCUT2D eigenvalue weighted by Crippen LogP contribution is -2.22. The standard InChI is InChI=1S/C17H18BrNO2/c1-2-21-12-14-8-6-13(7-9-14)11-19-17(20)15-4-3-5-16(18)10-15/h3-10H,2,11-12H2,1H3,(H,19,20). The maximum atomic E-state index is 12.0. The molecule has 0 unspecified atom stereocenters. The first kappa shape index (κ1) is 15.7. The summed E-state index contributed by atoms with van der Waals surface area (Å²) in [4.78, 5) is 12.0. The summed E-state index contributed by atoms with van der Waals surface area (Å²) in [5.41, 5.74) is 2.86. The van der Waals surface area contributed by atoms with Crippen LogP contribution in [0.2, 0.25) is 0 Å². The van der Waals surface area contributed by atoms with Crippen LogP contribution in [0.5, 0.6) is 0 Å². The fraction of sp³-hybridized carbons (Fsp3) is 0.235. The molecule has 0 radical (unpaired) electrons. The molecule has 0 saturated carbocycles. The van der Waals surface area contributed by atoms with Crippen molar-refractivity contribution in [3.63, 3.8) is 0 Å². The molecule has 1 amide bonds. The summed E-state index contributed by atoms with van der Waals surface area (Å²) in [6.07, 6.45) is 0. The SMILES string of the molecule is CCOCc1ccc(CNC(=O)c2cccc(Br)c2)cc1. The fourth-order valence-electron chi connectivity index (χ4n) is 1.89. The molecule has 0 aliphatic carbocycles. The van der Waals surface area contributed by atoms with Gasteiger partial charge in [0.1, 0.15) is 0 Å². The molecule has 21 heavy (non-hydrogen) atoms. The number of hydrogen-bond donors (Lipinski definition) is 1. The normalized spacial score (nSPS) is 10.4. The van der Waals surface area contributed by atoms with Crippen LogP contribution < -0.4 is 5.32 Å². The molecule has 0 aliphatic heterocycles. The zero-order valence-electron chi connectivity index (χ0n) is 11.9. The van der Waals surface area contributed by atoms with Crippen molar-refractivity contribution in [1.29, 1.82) is 0 Å². The smallest absolute Gasteiger partial charge is 0.251 e. The lowest BCUT2D eigenvalue weighted by molar-refractivity contribution is 0.0951. The largest absolute Gasteiger partial charge is 0.377 e. The fourth-order valence-corrected chi connectivity index (χ4v) is 2.29. The Labute approximate surface area is 133 Å². The number of rotatable bonds is 6. The number of benzene rings is 2. The van der Waals surface area contributed by atoms with Crippen LogP contribution in [0.4, 0.5) is 0 Å². The molecular weight excluding hydrogens is 330 g/mol. The summed E-state index contributed by atoms with van der Waals surface area (Å²) in [6.45, 7) is 3.83. The van der Waals surface area contributed by atoms with Crippen molar-refractivity contribution in [2.45, 2.75) is 20.1 Å². The van der Waals surface area contributed by atoms with Gasteiger partial charge in [-0.25, -0.2) is 0 Å². The minimum absolute atomic E-state index is 0.0744. The van der Waals surface area contributed by atoms with E-state index in [9.17, 15) is 4.79 Å². The molecule has 1 N–H and O–H groups in total. The van der Waals surface area contributed by atoms with Crippen LogP contribution in [-0.4, -0.2) is 12.5 Å². The van der Waals surface area contributed by atoms with Crippen LogP contribution in [0.15, 0.2) is 53.0 Å². The van der Waals surface area contributed by atoms with Gasteiger partial charge in [-0.3, -0.25) is 4.79 Å². The first-order valence-electron chi connectivity index (χ1n) is 6.88. The second kappa shape index (κ2) is 7.96. The maximum absolute atomic E-state index is 12.0. The predicted molar refractivity (Wildman–Crippen MR) is 87.1 cm³/mol. The van der Waals surface area contributed by atoms with E-state index in [2.05, 4.69) is 21.2 Å². The van der Waals surface area contributed by atoms with E-state index >= 15 is 0 Å². The molecule has 2 aromatic rings. The van der Waals surface area contributed by atoms with Gasteiger partial charge in [0.2, 0.25) is 0 Å². The van der Waals surface area contributed by atoms with Gasteiger partial charge < -0.3 is 10.1 Å². The molecule has 0 aromatic heterocycles. The average Bonchev–Trinajstić information content (AvgIpc) is 2.51. The van der Waals surface area contributed by atoms with Crippen molar-refractivity contribution in [3.8, 4) is 0 Å². The Bertz CT molecular complexity index is 596. The van der Waals surface area contributed by atoms with E-state index in [0.29, 0.717) is 25.3 Å². The van der Waals surface area contributed by atoms with Crippen molar-refractivity contribution in [1.82, 2.24) is 5.32 Å². The highest BCUT2D eigenvalue weighted by atomic mass is 79.9. The second-order valence-corrected chi connectivity index (χ2v) is 5.56. The zero-order valence-corrected chi connectivity index (χ0v) is 13.5. The predicted octanol–water partition coefficient (Wildman–Crippen LogP) is 3.92. The molecule has 2 aromatic carbocycles. The van der Waals surface area contributed by atoms with Gasteiger partial charge in [0.15, 0.2) is 0 Å². The Hall–Kier alpha value is -1.65. The summed E-state index contributed by atoms with van der Waals surface area (Å²) in [5, 5.41) is 2.91. The number of hydrogen-bond acceptors (Lipinski definition) is 2. The third-order valence-corrected chi connectivity index (χ3v) is 3.53. The summed E-state index contributed by atoms with van der Waals surface area (Å²) in [7, 11) is 0. The van der Waals surface area contributed by atoms with E-state index < -0.39 is 0 Å². The molecule has 0 atom stereocenters. The Morgan fingerprint density at radius 3 is 2.52 bits per heavy atom. The molecule has 2 rings (SSSR count). The van der Waals surface area contributed by atoms with Crippen LogP contribution in [0.3, 0.4) is 0 Å². The lowest BCUT2D eigenvalue weighted by atomic mass is 10.1. The monoisotopic (exact) mass is 347 g/mol. The van der Waals surface area contributed by atoms with Gasteiger partial charge in [-0.2, -0.15) is 0 Å². The molecule has 0 bridgehead atoms. The van der Waals surface area contributed by atoms with Crippen LogP contribution >= 0.6 is 15.9 Å². The lowest BCUT2D eigenvalue weighted by Gasteiger charge is -2.07. The van der Waals surface area contributed by atoms with Gasteiger partial charge in [-0.15, -0.1) is 0 Å². The number of carbonyl (C=O) groups is 1. The van der Waals surface area contributed by atoms with Crippen LogP contribution in [-0.2, 0) is 17.9 Å². The van der Waals surface area contributed by atoms with Crippen LogP contribution in [0.1, 0.15) is 28.4 Å². The van der Waals surface area contributed by atoms with E-state index in [4.69, 9.17) is 4.74 Å². The van der Waals surface area contributed by atoms with Gasteiger partial charge >= 0.3 is 0 Å². The Morgan fingerprint density at radius 2 is 1.86 bits per heavy atom. The molecule has 0 saturated heterocycles. The van der Waals surface area contributed by atoms with Gasteiger partial charge in [0.25, 0.3) is 5.91 Å². The van der Waals surface area contributed by atoms with Gasteiger partial charge in [-0.05, 0) is 36.2 Å². The molecule has 0 heterocycles. The molecule has 0 fully saturated rings. The minimum atomic E-state index is -0.0744. The third kappa shape index (κ3) is 4.99. The summed E-state index contributed by atoms with van der Waals surface area (Å²) < 4.78 is 6.25. The minimum Gasteiger partial charge on any atom is -0.377 e.